The summed E-state index contributed by atoms with van der Waals surface area (Å²) < 4.78 is 0. The molecule has 0 bridgehead atoms. The van der Waals surface area contributed by atoms with Crippen molar-refractivity contribution >= 4 is 34.8 Å². The number of thioether (sulfide) groups is 1. The number of aromatic amines is 2. The van der Waals surface area contributed by atoms with Crippen LogP contribution in [0.25, 0.3) is 11.2 Å². The predicted molar refractivity (Wildman–Crippen MR) is 83.6 cm³/mol. The second-order valence-electron chi connectivity index (χ2n) is 4.83. The molecule has 0 radical (unpaired) electrons. The maximum atomic E-state index is 12.3. The molecule has 22 heavy (non-hydrogen) atoms. The van der Waals surface area contributed by atoms with Crippen molar-refractivity contribution in [1.29, 1.82) is 0 Å². The minimum Gasteiger partial charge on any atom is -0.339 e. The molecule has 1 amide bonds. The van der Waals surface area contributed by atoms with E-state index in [1.165, 1.54) is 23.0 Å². The van der Waals surface area contributed by atoms with Crippen molar-refractivity contribution in [1.82, 2.24) is 19.9 Å². The van der Waals surface area contributed by atoms with Crippen molar-refractivity contribution in [2.75, 3.05) is 10.7 Å². The zero-order valence-corrected chi connectivity index (χ0v) is 12.1. The molecule has 8 heteroatoms. The summed E-state index contributed by atoms with van der Waals surface area (Å²) in [5, 5.41) is -0.201. The lowest BCUT2D eigenvalue weighted by atomic mass is 10.2. The molecule has 3 heterocycles. The van der Waals surface area contributed by atoms with E-state index in [1.54, 1.807) is 0 Å². The normalized spacial score (nSPS) is 18.3. The van der Waals surface area contributed by atoms with Crippen molar-refractivity contribution in [3.05, 3.63) is 52.6 Å². The van der Waals surface area contributed by atoms with E-state index in [4.69, 9.17) is 0 Å². The summed E-state index contributed by atoms with van der Waals surface area (Å²) in [5.74, 6) is 0.493. The second kappa shape index (κ2) is 4.99. The van der Waals surface area contributed by atoms with Crippen LogP contribution in [0.1, 0.15) is 10.9 Å². The highest BCUT2D eigenvalue weighted by atomic mass is 32.2. The lowest BCUT2D eigenvalue weighted by Crippen LogP contribution is -2.31. The van der Waals surface area contributed by atoms with Gasteiger partial charge in [-0.05, 0) is 5.56 Å². The monoisotopic (exact) mass is 313 g/mol. The van der Waals surface area contributed by atoms with E-state index in [9.17, 15) is 9.59 Å². The van der Waals surface area contributed by atoms with Crippen LogP contribution in [0.5, 0.6) is 0 Å². The first kappa shape index (κ1) is 13.1. The van der Waals surface area contributed by atoms with Gasteiger partial charge in [0.2, 0.25) is 11.9 Å². The summed E-state index contributed by atoms with van der Waals surface area (Å²) in [5.41, 5.74) is 1.26. The molecule has 110 valence electrons. The van der Waals surface area contributed by atoms with Gasteiger partial charge in [-0.3, -0.25) is 19.5 Å². The Morgan fingerprint density at radius 2 is 2.05 bits per heavy atom. The van der Waals surface area contributed by atoms with Crippen LogP contribution in [-0.2, 0) is 4.79 Å². The van der Waals surface area contributed by atoms with E-state index in [1.807, 2.05) is 30.3 Å². The topological polar surface area (TPSA) is 94.7 Å². The summed E-state index contributed by atoms with van der Waals surface area (Å²) in [6, 6.07) is 9.67. The van der Waals surface area contributed by atoms with Gasteiger partial charge in [0.05, 0.1) is 12.1 Å². The average Bonchev–Trinajstić information content (AvgIpc) is 3.14. The van der Waals surface area contributed by atoms with Crippen molar-refractivity contribution in [3.63, 3.8) is 0 Å². The van der Waals surface area contributed by atoms with Gasteiger partial charge in [0.15, 0.2) is 11.2 Å². The summed E-state index contributed by atoms with van der Waals surface area (Å²) in [7, 11) is 0. The smallest absolute Gasteiger partial charge is 0.278 e. The van der Waals surface area contributed by atoms with Crippen LogP contribution < -0.4 is 10.5 Å². The Bertz CT molecular complexity index is 904. The molecule has 4 rings (SSSR count). The standard InChI is InChI=1S/C14H11N5O2S/c20-9-6-22-13(8-4-2-1-3-5-8)19(9)14-17-11-10(12(21)18-14)15-7-16-11/h1-5,7,13H,6H2,(H2,15,16,17,18,21). The van der Waals surface area contributed by atoms with Gasteiger partial charge in [0.1, 0.15) is 5.37 Å². The number of anilines is 1. The van der Waals surface area contributed by atoms with Crippen LogP contribution in [0.2, 0.25) is 0 Å². The number of carbonyl (C=O) groups excluding carboxylic acids is 1. The zero-order valence-electron chi connectivity index (χ0n) is 11.3. The van der Waals surface area contributed by atoms with Gasteiger partial charge in [-0.25, -0.2) is 4.98 Å². The first-order valence-electron chi connectivity index (χ1n) is 6.66. The Kier molecular flexibility index (Phi) is 2.97. The quantitative estimate of drug-likeness (QED) is 0.746. The fourth-order valence-electron chi connectivity index (χ4n) is 2.46. The maximum absolute atomic E-state index is 12.3. The Morgan fingerprint density at radius 3 is 2.86 bits per heavy atom. The number of hydrogen-bond donors (Lipinski definition) is 2. The number of hydrogen-bond acceptors (Lipinski definition) is 5. The van der Waals surface area contributed by atoms with Crippen molar-refractivity contribution in [2.45, 2.75) is 5.37 Å². The molecule has 2 N–H and O–H groups in total. The van der Waals surface area contributed by atoms with Crippen LogP contribution in [-0.4, -0.2) is 31.6 Å². The number of nitrogens with one attached hydrogen (secondary N) is 2. The number of imidazole rings is 1. The first-order valence-corrected chi connectivity index (χ1v) is 7.71. The maximum Gasteiger partial charge on any atom is 0.278 e. The van der Waals surface area contributed by atoms with Crippen LogP contribution in [0.15, 0.2) is 41.5 Å². The number of nitrogens with zero attached hydrogens (tertiary/aromatic N) is 3. The Balaban J connectivity index is 1.83. The Labute approximate surface area is 128 Å². The van der Waals surface area contributed by atoms with Gasteiger partial charge in [0.25, 0.3) is 5.56 Å². The van der Waals surface area contributed by atoms with E-state index >= 15 is 0 Å². The number of benzene rings is 1. The fraction of sp³-hybridized carbons (Fsp3) is 0.143. The third-order valence-corrected chi connectivity index (χ3v) is 4.68. The molecule has 1 fully saturated rings. The summed E-state index contributed by atoms with van der Waals surface area (Å²) >= 11 is 1.51. The molecule has 3 aromatic rings. The second-order valence-corrected chi connectivity index (χ2v) is 5.90. The highest BCUT2D eigenvalue weighted by molar-refractivity contribution is 8.00. The van der Waals surface area contributed by atoms with E-state index in [2.05, 4.69) is 19.9 Å². The number of H-pyrrole nitrogens is 2. The molecule has 1 saturated heterocycles. The van der Waals surface area contributed by atoms with E-state index < -0.39 is 0 Å². The number of amides is 1. The molecule has 0 spiro atoms. The average molecular weight is 313 g/mol. The largest absolute Gasteiger partial charge is 0.339 e. The predicted octanol–water partition coefficient (Wildman–Crippen LogP) is 1.42. The van der Waals surface area contributed by atoms with Crippen LogP contribution in [0.4, 0.5) is 5.95 Å². The third-order valence-electron chi connectivity index (χ3n) is 3.46. The highest BCUT2D eigenvalue weighted by Gasteiger charge is 2.35. The van der Waals surface area contributed by atoms with Gasteiger partial charge >= 0.3 is 0 Å². The van der Waals surface area contributed by atoms with E-state index in [0.717, 1.165) is 5.56 Å². The molecule has 1 aromatic carbocycles. The lowest BCUT2D eigenvalue weighted by Gasteiger charge is -2.22. The minimum absolute atomic E-state index is 0.0862. The van der Waals surface area contributed by atoms with Crippen LogP contribution >= 0.6 is 11.8 Å². The molecule has 0 aliphatic carbocycles. The van der Waals surface area contributed by atoms with Crippen molar-refractivity contribution in [3.8, 4) is 0 Å². The molecule has 7 nitrogen and oxygen atoms in total. The van der Waals surface area contributed by atoms with Crippen molar-refractivity contribution < 1.29 is 4.79 Å². The fourth-order valence-corrected chi connectivity index (χ4v) is 3.62. The molecular weight excluding hydrogens is 302 g/mol. The number of carbonyl (C=O) groups is 1. The molecule has 1 aliphatic rings. The molecule has 0 saturated carbocycles. The first-order chi connectivity index (χ1) is 10.7. The van der Waals surface area contributed by atoms with Crippen LogP contribution in [0, 0.1) is 0 Å². The lowest BCUT2D eigenvalue weighted by molar-refractivity contribution is -0.115. The van der Waals surface area contributed by atoms with Gasteiger partial charge in [-0.2, -0.15) is 4.98 Å². The molecule has 1 aliphatic heterocycles. The summed E-state index contributed by atoms with van der Waals surface area (Å²) in [6.07, 6.45) is 1.41. The minimum atomic E-state index is -0.339. The summed E-state index contributed by atoms with van der Waals surface area (Å²) in [4.78, 5) is 39.5. The Hall–Kier alpha value is -2.61. The highest BCUT2D eigenvalue weighted by Crippen LogP contribution is 2.40. The third kappa shape index (κ3) is 2.00. The zero-order chi connectivity index (χ0) is 15.1. The van der Waals surface area contributed by atoms with Gasteiger partial charge in [0, 0.05) is 0 Å². The number of aromatic nitrogens is 4. The van der Waals surface area contributed by atoms with E-state index in [0.29, 0.717) is 16.9 Å². The Morgan fingerprint density at radius 1 is 1.23 bits per heavy atom. The number of fused-ring (bicyclic) bond motifs is 1. The van der Waals surface area contributed by atoms with Crippen LogP contribution in [0.3, 0.4) is 0 Å². The molecule has 1 unspecified atom stereocenters. The van der Waals surface area contributed by atoms with Gasteiger partial charge in [-0.1, -0.05) is 30.3 Å². The van der Waals surface area contributed by atoms with Gasteiger partial charge in [-0.15, -0.1) is 11.8 Å². The number of rotatable bonds is 2. The van der Waals surface area contributed by atoms with Gasteiger partial charge < -0.3 is 4.98 Å². The SMILES string of the molecule is O=C1CSC(c2ccccc2)N1c1nc2nc[nH]c2c(=O)[nH]1. The summed E-state index contributed by atoms with van der Waals surface area (Å²) in [6.45, 7) is 0. The molecule has 1 atom stereocenters. The van der Waals surface area contributed by atoms with Crippen molar-refractivity contribution in [2.24, 2.45) is 0 Å². The molecule has 2 aromatic heterocycles. The molecular formula is C14H11N5O2S. The van der Waals surface area contributed by atoms with E-state index in [-0.39, 0.29) is 22.8 Å².